The molecule has 3 heteroatoms. The molecular weight excluding hydrogens is 226 g/mol. The zero-order chi connectivity index (χ0) is 13.0. The molecule has 1 aliphatic rings. The quantitative estimate of drug-likeness (QED) is 0.869. The lowest BCUT2D eigenvalue weighted by Crippen LogP contribution is -2.25. The summed E-state index contributed by atoms with van der Waals surface area (Å²) >= 11 is 0. The maximum Gasteiger partial charge on any atom is 0.303 e. The first-order chi connectivity index (χ1) is 8.65. The van der Waals surface area contributed by atoms with Crippen molar-refractivity contribution in [2.24, 2.45) is 5.92 Å². The fraction of sp³-hybridized carbons (Fsp3) is 0.533. The molecule has 1 aliphatic heterocycles. The fourth-order valence-electron chi connectivity index (χ4n) is 2.77. The monoisotopic (exact) mass is 247 g/mol. The van der Waals surface area contributed by atoms with Crippen molar-refractivity contribution >= 4 is 5.97 Å². The van der Waals surface area contributed by atoms with Gasteiger partial charge in [-0.25, -0.2) is 0 Å². The zero-order valence-corrected chi connectivity index (χ0v) is 10.9. The maximum atomic E-state index is 10.7. The highest BCUT2D eigenvalue weighted by atomic mass is 16.4. The van der Waals surface area contributed by atoms with E-state index in [0.29, 0.717) is 18.3 Å². The van der Waals surface area contributed by atoms with E-state index in [4.69, 9.17) is 5.11 Å². The number of rotatable bonds is 5. The Balaban J connectivity index is 1.83. The molecule has 3 nitrogen and oxygen atoms in total. The van der Waals surface area contributed by atoms with E-state index in [2.05, 4.69) is 36.1 Å². The van der Waals surface area contributed by atoms with E-state index in [-0.39, 0.29) is 0 Å². The van der Waals surface area contributed by atoms with Crippen LogP contribution in [0, 0.1) is 5.92 Å². The largest absolute Gasteiger partial charge is 0.481 e. The van der Waals surface area contributed by atoms with Gasteiger partial charge in [0.25, 0.3) is 0 Å². The van der Waals surface area contributed by atoms with Crippen LogP contribution in [0.5, 0.6) is 0 Å². The van der Waals surface area contributed by atoms with Gasteiger partial charge in [-0.2, -0.15) is 0 Å². The Morgan fingerprint density at radius 2 is 2.17 bits per heavy atom. The van der Waals surface area contributed by atoms with Crippen molar-refractivity contribution in [3.63, 3.8) is 0 Å². The Bertz CT molecular complexity index is 391. The SMILES string of the molecule is CC(CN1CCC(CC(=O)O)C1)c1ccccc1. The second-order valence-electron chi connectivity index (χ2n) is 5.32. The van der Waals surface area contributed by atoms with Crippen molar-refractivity contribution in [2.45, 2.75) is 25.7 Å². The summed E-state index contributed by atoms with van der Waals surface area (Å²) in [6.07, 6.45) is 1.34. The summed E-state index contributed by atoms with van der Waals surface area (Å²) in [5.41, 5.74) is 1.36. The Hall–Kier alpha value is -1.35. The maximum absolute atomic E-state index is 10.7. The number of aliphatic carboxylic acids is 1. The predicted octanol–water partition coefficient (Wildman–Crippen LogP) is 2.59. The van der Waals surface area contributed by atoms with Crippen molar-refractivity contribution in [3.8, 4) is 0 Å². The minimum Gasteiger partial charge on any atom is -0.481 e. The van der Waals surface area contributed by atoms with Gasteiger partial charge in [-0.1, -0.05) is 37.3 Å². The summed E-state index contributed by atoms with van der Waals surface area (Å²) in [5, 5.41) is 8.80. The number of nitrogens with zero attached hydrogens (tertiary/aromatic N) is 1. The van der Waals surface area contributed by atoms with Crippen LogP contribution in [0.15, 0.2) is 30.3 Å². The smallest absolute Gasteiger partial charge is 0.303 e. The van der Waals surface area contributed by atoms with Gasteiger partial charge in [0, 0.05) is 19.5 Å². The summed E-state index contributed by atoms with van der Waals surface area (Å²) in [6.45, 7) is 5.23. The van der Waals surface area contributed by atoms with E-state index < -0.39 is 5.97 Å². The second-order valence-corrected chi connectivity index (χ2v) is 5.32. The lowest BCUT2D eigenvalue weighted by atomic mass is 10.0. The van der Waals surface area contributed by atoms with Crippen LogP contribution in [-0.4, -0.2) is 35.6 Å². The Labute approximate surface area is 108 Å². The first-order valence-corrected chi connectivity index (χ1v) is 6.64. The molecule has 0 radical (unpaired) electrons. The summed E-state index contributed by atoms with van der Waals surface area (Å²) < 4.78 is 0. The van der Waals surface area contributed by atoms with Crippen molar-refractivity contribution in [3.05, 3.63) is 35.9 Å². The molecule has 18 heavy (non-hydrogen) atoms. The van der Waals surface area contributed by atoms with Crippen LogP contribution in [0.3, 0.4) is 0 Å². The molecule has 0 aliphatic carbocycles. The number of hydrogen-bond donors (Lipinski definition) is 1. The molecule has 1 aromatic rings. The van der Waals surface area contributed by atoms with E-state index in [9.17, 15) is 4.79 Å². The Morgan fingerprint density at radius 3 is 2.83 bits per heavy atom. The molecule has 1 aromatic carbocycles. The Morgan fingerprint density at radius 1 is 1.44 bits per heavy atom. The zero-order valence-electron chi connectivity index (χ0n) is 10.9. The highest BCUT2D eigenvalue weighted by molar-refractivity contribution is 5.67. The fourth-order valence-corrected chi connectivity index (χ4v) is 2.77. The molecular formula is C15H21NO2. The highest BCUT2D eigenvalue weighted by Gasteiger charge is 2.25. The van der Waals surface area contributed by atoms with Gasteiger partial charge in [0.05, 0.1) is 0 Å². The van der Waals surface area contributed by atoms with Crippen LogP contribution in [-0.2, 0) is 4.79 Å². The van der Waals surface area contributed by atoms with Crippen LogP contribution in [0.1, 0.15) is 31.2 Å². The van der Waals surface area contributed by atoms with Gasteiger partial charge in [-0.05, 0) is 30.4 Å². The highest BCUT2D eigenvalue weighted by Crippen LogP contribution is 2.23. The van der Waals surface area contributed by atoms with Gasteiger partial charge >= 0.3 is 5.97 Å². The van der Waals surface area contributed by atoms with Gasteiger partial charge in [0.1, 0.15) is 0 Å². The van der Waals surface area contributed by atoms with Gasteiger partial charge in [0.2, 0.25) is 0 Å². The lowest BCUT2D eigenvalue weighted by molar-refractivity contribution is -0.138. The van der Waals surface area contributed by atoms with Gasteiger partial charge in [-0.3, -0.25) is 4.79 Å². The normalized spacial score (nSPS) is 21.9. The number of carboxylic acid groups (broad SMARTS) is 1. The van der Waals surface area contributed by atoms with Crippen LogP contribution >= 0.6 is 0 Å². The topological polar surface area (TPSA) is 40.5 Å². The minimum atomic E-state index is -0.669. The number of carbonyl (C=O) groups is 1. The molecule has 1 heterocycles. The number of hydrogen-bond acceptors (Lipinski definition) is 2. The van der Waals surface area contributed by atoms with Gasteiger partial charge in [0.15, 0.2) is 0 Å². The molecule has 2 unspecified atom stereocenters. The molecule has 0 aromatic heterocycles. The average Bonchev–Trinajstić information content (AvgIpc) is 2.76. The molecule has 0 spiro atoms. The summed E-state index contributed by atoms with van der Waals surface area (Å²) in [5.74, 6) is 0.179. The molecule has 0 bridgehead atoms. The predicted molar refractivity (Wildman–Crippen MR) is 71.7 cm³/mol. The van der Waals surface area contributed by atoms with E-state index in [1.165, 1.54) is 5.56 Å². The van der Waals surface area contributed by atoms with E-state index in [0.717, 1.165) is 26.1 Å². The molecule has 1 fully saturated rings. The third-order valence-electron chi connectivity index (χ3n) is 3.73. The summed E-state index contributed by atoms with van der Waals surface area (Å²) in [7, 11) is 0. The van der Waals surface area contributed by atoms with Crippen molar-refractivity contribution in [2.75, 3.05) is 19.6 Å². The Kier molecular flexibility index (Phi) is 4.37. The van der Waals surface area contributed by atoms with Crippen LogP contribution in [0.2, 0.25) is 0 Å². The second kappa shape index (κ2) is 6.01. The molecule has 98 valence electrons. The van der Waals surface area contributed by atoms with Crippen LogP contribution < -0.4 is 0 Å². The van der Waals surface area contributed by atoms with Crippen LogP contribution in [0.25, 0.3) is 0 Å². The number of benzene rings is 1. The first kappa shape index (κ1) is 13.1. The molecule has 0 saturated carbocycles. The average molecular weight is 247 g/mol. The van der Waals surface area contributed by atoms with E-state index in [1.807, 2.05) is 6.07 Å². The van der Waals surface area contributed by atoms with Crippen molar-refractivity contribution in [1.82, 2.24) is 4.90 Å². The third-order valence-corrected chi connectivity index (χ3v) is 3.73. The van der Waals surface area contributed by atoms with E-state index in [1.54, 1.807) is 0 Å². The van der Waals surface area contributed by atoms with Gasteiger partial charge in [-0.15, -0.1) is 0 Å². The number of likely N-dealkylation sites (tertiary alicyclic amines) is 1. The lowest BCUT2D eigenvalue weighted by Gasteiger charge is -2.21. The minimum absolute atomic E-state index is 0.316. The molecule has 2 atom stereocenters. The van der Waals surface area contributed by atoms with Crippen molar-refractivity contribution in [1.29, 1.82) is 0 Å². The molecule has 1 N–H and O–H groups in total. The van der Waals surface area contributed by atoms with Crippen LogP contribution in [0.4, 0.5) is 0 Å². The molecule has 1 saturated heterocycles. The third kappa shape index (κ3) is 3.57. The van der Waals surface area contributed by atoms with Crippen molar-refractivity contribution < 1.29 is 9.90 Å². The van der Waals surface area contributed by atoms with E-state index >= 15 is 0 Å². The van der Waals surface area contributed by atoms with Gasteiger partial charge < -0.3 is 10.0 Å². The summed E-state index contributed by atoms with van der Waals surface area (Å²) in [6, 6.07) is 10.5. The first-order valence-electron chi connectivity index (χ1n) is 6.64. The number of carboxylic acids is 1. The molecule has 2 rings (SSSR count). The molecule has 0 amide bonds. The standard InChI is InChI=1S/C15H21NO2/c1-12(14-5-3-2-4-6-14)10-16-8-7-13(11-16)9-15(17)18/h2-6,12-13H,7-11H2,1H3,(H,17,18). The summed E-state index contributed by atoms with van der Waals surface area (Å²) in [4.78, 5) is 13.1.